The number of aromatic nitrogens is 3. The Hall–Kier alpha value is -3.07. The van der Waals surface area contributed by atoms with Gasteiger partial charge in [-0.3, -0.25) is 4.57 Å². The highest BCUT2D eigenvalue weighted by atomic mass is 16.5. The van der Waals surface area contributed by atoms with Gasteiger partial charge in [-0.1, -0.05) is 0 Å². The first kappa shape index (κ1) is 12.9. The van der Waals surface area contributed by atoms with Crippen molar-refractivity contribution in [3.05, 3.63) is 42.6 Å². The number of nitriles is 1. The molecule has 21 heavy (non-hydrogen) atoms. The second-order valence-electron chi connectivity index (χ2n) is 4.30. The smallest absolute Gasteiger partial charge is 0.218 e. The summed E-state index contributed by atoms with van der Waals surface area (Å²) in [6, 6.07) is 7.65. The molecule has 6 nitrogen and oxygen atoms in total. The highest BCUT2D eigenvalue weighted by Crippen LogP contribution is 2.34. The quantitative estimate of drug-likeness (QED) is 0.736. The van der Waals surface area contributed by atoms with E-state index in [2.05, 4.69) is 9.97 Å². The summed E-state index contributed by atoms with van der Waals surface area (Å²) in [5, 5.41) is 10.9. The largest absolute Gasteiger partial charge is 0.493 e. The van der Waals surface area contributed by atoms with Crippen molar-refractivity contribution in [3.8, 4) is 23.4 Å². The molecule has 0 aliphatic rings. The van der Waals surface area contributed by atoms with Crippen molar-refractivity contribution in [1.29, 1.82) is 5.26 Å². The third kappa shape index (κ3) is 2.05. The maximum absolute atomic E-state index is 9.12. The van der Waals surface area contributed by atoms with Crippen LogP contribution in [0, 0.1) is 11.3 Å². The number of rotatable bonds is 3. The van der Waals surface area contributed by atoms with Gasteiger partial charge in [0.1, 0.15) is 11.9 Å². The van der Waals surface area contributed by atoms with E-state index in [1.165, 1.54) is 0 Å². The van der Waals surface area contributed by atoms with Gasteiger partial charge in [-0.05, 0) is 23.6 Å². The lowest BCUT2D eigenvalue weighted by atomic mass is 10.1. The number of pyridine rings is 1. The molecule has 0 saturated carbocycles. The van der Waals surface area contributed by atoms with Crippen molar-refractivity contribution in [2.75, 3.05) is 14.2 Å². The lowest BCUT2D eigenvalue weighted by molar-refractivity contribution is 0.356. The fraction of sp³-hybridized carbons (Fsp3) is 0.133. The van der Waals surface area contributed by atoms with Gasteiger partial charge in [0.15, 0.2) is 11.5 Å². The van der Waals surface area contributed by atoms with Crippen LogP contribution in [0.2, 0.25) is 0 Å². The molecule has 2 heterocycles. The first-order valence-electron chi connectivity index (χ1n) is 6.23. The summed E-state index contributed by atoms with van der Waals surface area (Å²) in [4.78, 5) is 8.36. The summed E-state index contributed by atoms with van der Waals surface area (Å²) in [6.07, 6.45) is 4.96. The number of hydrogen-bond donors (Lipinski definition) is 0. The fourth-order valence-electron chi connectivity index (χ4n) is 2.23. The lowest BCUT2D eigenvalue weighted by Gasteiger charge is -2.12. The summed E-state index contributed by atoms with van der Waals surface area (Å²) in [5.74, 6) is 2.17. The SMILES string of the molecule is COc1cc2ccnc(-n3ccnc3C#N)c2cc1OC. The molecular weight excluding hydrogens is 268 g/mol. The van der Waals surface area contributed by atoms with Crippen LogP contribution in [0.25, 0.3) is 16.6 Å². The number of ether oxygens (including phenoxy) is 2. The molecule has 2 aromatic heterocycles. The van der Waals surface area contributed by atoms with Crippen molar-refractivity contribution < 1.29 is 9.47 Å². The molecule has 0 bridgehead atoms. The van der Waals surface area contributed by atoms with E-state index in [9.17, 15) is 0 Å². The molecule has 0 atom stereocenters. The molecule has 0 N–H and O–H groups in total. The summed E-state index contributed by atoms with van der Waals surface area (Å²) in [7, 11) is 3.17. The van der Waals surface area contributed by atoms with Crippen LogP contribution >= 0.6 is 0 Å². The first-order valence-corrected chi connectivity index (χ1v) is 6.23. The van der Waals surface area contributed by atoms with Gasteiger partial charge in [0.25, 0.3) is 0 Å². The average Bonchev–Trinajstić information content (AvgIpc) is 3.01. The van der Waals surface area contributed by atoms with Gasteiger partial charge in [-0.25, -0.2) is 9.97 Å². The summed E-state index contributed by atoms with van der Waals surface area (Å²) >= 11 is 0. The molecule has 104 valence electrons. The average molecular weight is 280 g/mol. The Morgan fingerprint density at radius 2 is 1.86 bits per heavy atom. The predicted molar refractivity (Wildman–Crippen MR) is 76.7 cm³/mol. The van der Waals surface area contributed by atoms with E-state index < -0.39 is 0 Å². The Balaban J connectivity index is 2.32. The summed E-state index contributed by atoms with van der Waals surface area (Å²) < 4.78 is 12.3. The van der Waals surface area contributed by atoms with Gasteiger partial charge in [0.05, 0.1) is 14.2 Å². The molecule has 0 spiro atoms. The zero-order valence-corrected chi connectivity index (χ0v) is 11.6. The Labute approximate surface area is 121 Å². The zero-order chi connectivity index (χ0) is 14.8. The molecule has 3 rings (SSSR count). The Morgan fingerprint density at radius 1 is 1.10 bits per heavy atom. The summed E-state index contributed by atoms with van der Waals surface area (Å²) in [5.41, 5.74) is 0. The van der Waals surface area contributed by atoms with Gasteiger partial charge in [-0.15, -0.1) is 0 Å². The van der Waals surface area contributed by atoms with Crippen LogP contribution in [-0.2, 0) is 0 Å². The third-order valence-corrected chi connectivity index (χ3v) is 3.22. The molecule has 0 unspecified atom stereocenters. The molecule has 0 saturated heterocycles. The molecule has 0 amide bonds. The van der Waals surface area contributed by atoms with Gasteiger partial charge >= 0.3 is 0 Å². The molecule has 0 aliphatic heterocycles. The second-order valence-corrected chi connectivity index (χ2v) is 4.30. The maximum Gasteiger partial charge on any atom is 0.218 e. The number of nitrogens with zero attached hydrogens (tertiary/aromatic N) is 4. The van der Waals surface area contributed by atoms with Crippen LogP contribution in [0.4, 0.5) is 0 Å². The third-order valence-electron chi connectivity index (χ3n) is 3.22. The van der Waals surface area contributed by atoms with Crippen LogP contribution in [0.5, 0.6) is 11.5 Å². The van der Waals surface area contributed by atoms with Gasteiger partial charge in [0, 0.05) is 24.0 Å². The number of imidazole rings is 1. The Bertz CT molecular complexity index is 848. The normalized spacial score (nSPS) is 10.3. The van der Waals surface area contributed by atoms with Gasteiger partial charge in [-0.2, -0.15) is 5.26 Å². The number of benzene rings is 1. The van der Waals surface area contributed by atoms with E-state index in [1.54, 1.807) is 37.4 Å². The van der Waals surface area contributed by atoms with Crippen LogP contribution in [-0.4, -0.2) is 28.8 Å². The molecular formula is C15H12N4O2. The van der Waals surface area contributed by atoms with E-state index in [0.29, 0.717) is 17.3 Å². The van der Waals surface area contributed by atoms with E-state index in [1.807, 2.05) is 24.3 Å². The van der Waals surface area contributed by atoms with E-state index in [4.69, 9.17) is 14.7 Å². The molecule has 6 heteroatoms. The topological polar surface area (TPSA) is 73.0 Å². The van der Waals surface area contributed by atoms with E-state index in [-0.39, 0.29) is 5.82 Å². The minimum Gasteiger partial charge on any atom is -0.493 e. The van der Waals surface area contributed by atoms with Crippen LogP contribution in [0.15, 0.2) is 36.8 Å². The molecule has 0 radical (unpaired) electrons. The minimum absolute atomic E-state index is 0.282. The molecule has 0 aliphatic carbocycles. The predicted octanol–water partition coefficient (Wildman–Crippen LogP) is 2.31. The number of fused-ring (bicyclic) bond motifs is 1. The number of hydrogen-bond acceptors (Lipinski definition) is 5. The first-order chi connectivity index (χ1) is 10.3. The highest BCUT2D eigenvalue weighted by Gasteiger charge is 2.13. The Morgan fingerprint density at radius 3 is 2.57 bits per heavy atom. The lowest BCUT2D eigenvalue weighted by Crippen LogP contribution is -2.01. The molecule has 3 aromatic rings. The van der Waals surface area contributed by atoms with Crippen molar-refractivity contribution in [3.63, 3.8) is 0 Å². The van der Waals surface area contributed by atoms with Crippen LogP contribution < -0.4 is 9.47 Å². The van der Waals surface area contributed by atoms with Crippen molar-refractivity contribution in [2.24, 2.45) is 0 Å². The fourth-order valence-corrected chi connectivity index (χ4v) is 2.23. The van der Waals surface area contributed by atoms with Crippen molar-refractivity contribution in [2.45, 2.75) is 0 Å². The van der Waals surface area contributed by atoms with Crippen molar-refractivity contribution >= 4 is 10.8 Å². The van der Waals surface area contributed by atoms with Crippen LogP contribution in [0.1, 0.15) is 5.82 Å². The second kappa shape index (κ2) is 5.13. The van der Waals surface area contributed by atoms with Gasteiger partial charge in [0.2, 0.25) is 5.82 Å². The maximum atomic E-state index is 9.12. The minimum atomic E-state index is 0.282. The highest BCUT2D eigenvalue weighted by molar-refractivity contribution is 5.91. The Kier molecular flexibility index (Phi) is 3.16. The van der Waals surface area contributed by atoms with Crippen molar-refractivity contribution in [1.82, 2.24) is 14.5 Å². The van der Waals surface area contributed by atoms with E-state index >= 15 is 0 Å². The summed E-state index contributed by atoms with van der Waals surface area (Å²) in [6.45, 7) is 0. The monoisotopic (exact) mass is 280 g/mol. The zero-order valence-electron chi connectivity index (χ0n) is 11.6. The van der Waals surface area contributed by atoms with Gasteiger partial charge < -0.3 is 9.47 Å². The van der Waals surface area contributed by atoms with Crippen LogP contribution in [0.3, 0.4) is 0 Å². The standard InChI is InChI=1S/C15H12N4O2/c1-20-12-7-10-3-4-18-15(11(10)8-13(12)21-2)19-6-5-17-14(19)9-16/h3-8H,1-2H3. The molecule has 1 aromatic carbocycles. The molecule has 0 fully saturated rings. The number of methoxy groups -OCH3 is 2. The van der Waals surface area contributed by atoms with E-state index in [0.717, 1.165) is 10.8 Å².